The van der Waals surface area contributed by atoms with Crippen molar-refractivity contribution in [2.45, 2.75) is 33.2 Å². The Morgan fingerprint density at radius 3 is 2.41 bits per heavy atom. The van der Waals surface area contributed by atoms with Crippen molar-refractivity contribution in [3.63, 3.8) is 0 Å². The highest BCUT2D eigenvalue weighted by Crippen LogP contribution is 2.44. The van der Waals surface area contributed by atoms with Crippen molar-refractivity contribution < 1.29 is 24.2 Å². The third-order valence-corrected chi connectivity index (χ3v) is 6.64. The van der Waals surface area contributed by atoms with Gasteiger partial charge in [-0.3, -0.25) is 24.3 Å². The molecular weight excluding hydrogens is 454 g/mol. The maximum absolute atomic E-state index is 13.2. The van der Waals surface area contributed by atoms with Crippen LogP contribution in [0.3, 0.4) is 0 Å². The van der Waals surface area contributed by atoms with Gasteiger partial charge in [0, 0.05) is 24.9 Å². The second kappa shape index (κ2) is 9.56. The van der Waals surface area contributed by atoms with Crippen molar-refractivity contribution >= 4 is 39.7 Å². The van der Waals surface area contributed by atoms with E-state index in [1.54, 1.807) is 43.3 Å². The Balaban J connectivity index is 1.88. The number of benzene rings is 1. The number of aliphatic hydroxyl groups excluding tert-OH is 1. The maximum Gasteiger partial charge on any atom is 0.301 e. The fourth-order valence-corrected chi connectivity index (χ4v) is 4.78. The van der Waals surface area contributed by atoms with E-state index in [1.807, 2.05) is 6.92 Å². The number of ether oxygens (including phenoxy) is 1. The molecule has 1 atom stereocenters. The van der Waals surface area contributed by atoms with Gasteiger partial charge in [0.1, 0.15) is 11.5 Å². The Morgan fingerprint density at radius 2 is 1.82 bits per heavy atom. The number of ketones is 2. The highest BCUT2D eigenvalue weighted by atomic mass is 32.1. The Morgan fingerprint density at radius 1 is 1.15 bits per heavy atom. The molecule has 8 nitrogen and oxygen atoms in total. The average molecular weight is 478 g/mol. The highest BCUT2D eigenvalue weighted by Gasteiger charge is 2.48. The van der Waals surface area contributed by atoms with E-state index in [4.69, 9.17) is 4.74 Å². The summed E-state index contributed by atoms with van der Waals surface area (Å²) in [4.78, 5) is 48.4. The van der Waals surface area contributed by atoms with Crippen LogP contribution < -0.4 is 9.64 Å². The van der Waals surface area contributed by atoms with Crippen molar-refractivity contribution in [2.24, 2.45) is 0 Å². The van der Waals surface area contributed by atoms with Gasteiger partial charge in [0.2, 0.25) is 0 Å². The SMILES string of the molecule is CCCOc1ccc(C2/C(=C(\O)c3ccncc3)C(=O)C(=O)N2c2nc(C)c(C(C)=O)s2)cc1. The third-order valence-electron chi connectivity index (χ3n) is 5.38. The van der Waals surface area contributed by atoms with Crippen molar-refractivity contribution in [3.05, 3.63) is 76.1 Å². The molecular formula is C25H23N3O5S. The zero-order valence-corrected chi connectivity index (χ0v) is 19.8. The number of aryl methyl sites for hydroxylation is 1. The molecule has 1 saturated heterocycles. The number of pyridine rings is 1. The number of amides is 1. The van der Waals surface area contributed by atoms with E-state index in [-0.39, 0.29) is 22.2 Å². The lowest BCUT2D eigenvalue weighted by molar-refractivity contribution is -0.132. The van der Waals surface area contributed by atoms with Crippen LogP contribution in [0.4, 0.5) is 5.13 Å². The molecule has 0 spiro atoms. The molecule has 4 rings (SSSR count). The molecule has 3 aromatic rings. The maximum atomic E-state index is 13.2. The zero-order chi connectivity index (χ0) is 24.4. The second-order valence-electron chi connectivity index (χ2n) is 7.79. The molecule has 1 aromatic carbocycles. The number of nitrogens with zero attached hydrogens (tertiary/aromatic N) is 3. The van der Waals surface area contributed by atoms with Crippen molar-refractivity contribution in [2.75, 3.05) is 11.5 Å². The van der Waals surface area contributed by atoms with Gasteiger partial charge in [-0.05, 0) is 43.2 Å². The van der Waals surface area contributed by atoms with E-state index in [0.29, 0.717) is 34.1 Å². The van der Waals surface area contributed by atoms with Gasteiger partial charge in [0.25, 0.3) is 5.78 Å². The third kappa shape index (κ3) is 4.22. The van der Waals surface area contributed by atoms with Gasteiger partial charge in [-0.25, -0.2) is 4.98 Å². The summed E-state index contributed by atoms with van der Waals surface area (Å²) in [6.07, 6.45) is 3.84. The summed E-state index contributed by atoms with van der Waals surface area (Å²) in [7, 11) is 0. The van der Waals surface area contributed by atoms with Crippen LogP contribution in [-0.4, -0.2) is 39.2 Å². The summed E-state index contributed by atoms with van der Waals surface area (Å²) in [6.45, 7) is 5.67. The molecule has 1 N–H and O–H groups in total. The Kier molecular flexibility index (Phi) is 6.56. The first-order chi connectivity index (χ1) is 16.3. The lowest BCUT2D eigenvalue weighted by atomic mass is 9.95. The largest absolute Gasteiger partial charge is 0.507 e. The normalized spacial score (nSPS) is 17.3. The second-order valence-corrected chi connectivity index (χ2v) is 8.77. The standard InChI is InChI=1S/C25H23N3O5S/c1-4-13-33-18-7-5-16(6-8-18)20-19(21(30)17-9-11-26-12-10-17)22(31)24(32)28(20)25-27-14(2)23(34-25)15(3)29/h5-12,20,30H,4,13H2,1-3H3/b21-19+. The van der Waals surface area contributed by atoms with Crippen LogP contribution in [0, 0.1) is 6.92 Å². The monoisotopic (exact) mass is 477 g/mol. The van der Waals surface area contributed by atoms with Crippen LogP contribution in [0.2, 0.25) is 0 Å². The van der Waals surface area contributed by atoms with Crippen LogP contribution in [0.25, 0.3) is 5.76 Å². The smallest absolute Gasteiger partial charge is 0.301 e. The molecule has 1 unspecified atom stereocenters. The quantitative estimate of drug-likeness (QED) is 0.231. The molecule has 9 heteroatoms. The fraction of sp³-hybridized carbons (Fsp3) is 0.240. The number of hydrogen-bond donors (Lipinski definition) is 1. The molecule has 1 fully saturated rings. The van der Waals surface area contributed by atoms with Gasteiger partial charge in [-0.15, -0.1) is 0 Å². The van der Waals surface area contributed by atoms with E-state index in [9.17, 15) is 19.5 Å². The molecule has 0 aliphatic carbocycles. The molecule has 0 radical (unpaired) electrons. The first kappa shape index (κ1) is 23.3. The van der Waals surface area contributed by atoms with Crippen molar-refractivity contribution in [3.8, 4) is 5.75 Å². The molecule has 1 aliphatic rings. The number of rotatable bonds is 7. The lowest BCUT2D eigenvalue weighted by Gasteiger charge is -2.23. The van der Waals surface area contributed by atoms with Crippen LogP contribution in [-0.2, 0) is 9.59 Å². The minimum atomic E-state index is -0.932. The van der Waals surface area contributed by atoms with E-state index >= 15 is 0 Å². The van der Waals surface area contributed by atoms with Crippen LogP contribution in [0.15, 0.2) is 54.4 Å². The summed E-state index contributed by atoms with van der Waals surface area (Å²) in [6, 6.07) is 9.20. The van der Waals surface area contributed by atoms with Gasteiger partial charge in [0.15, 0.2) is 10.9 Å². The van der Waals surface area contributed by atoms with E-state index in [1.165, 1.54) is 24.2 Å². The Hall–Kier alpha value is -3.85. The average Bonchev–Trinajstić information content (AvgIpc) is 3.35. The van der Waals surface area contributed by atoms with E-state index < -0.39 is 17.7 Å². The summed E-state index contributed by atoms with van der Waals surface area (Å²) in [5.41, 5.74) is 1.37. The molecule has 174 valence electrons. The van der Waals surface area contributed by atoms with Gasteiger partial charge >= 0.3 is 5.91 Å². The number of thiazole rings is 1. The van der Waals surface area contributed by atoms with E-state index in [0.717, 1.165) is 17.8 Å². The first-order valence-electron chi connectivity index (χ1n) is 10.8. The van der Waals surface area contributed by atoms with Crippen molar-refractivity contribution in [1.82, 2.24) is 9.97 Å². The molecule has 1 amide bonds. The zero-order valence-electron chi connectivity index (χ0n) is 18.9. The molecule has 1 aliphatic heterocycles. The van der Waals surface area contributed by atoms with E-state index in [2.05, 4.69) is 9.97 Å². The van der Waals surface area contributed by atoms with Gasteiger partial charge in [-0.1, -0.05) is 30.4 Å². The number of Topliss-reactive ketones (excluding diaryl/α,β-unsaturated/α-hetero) is 2. The fourth-order valence-electron chi connectivity index (χ4n) is 3.79. The summed E-state index contributed by atoms with van der Waals surface area (Å²) < 4.78 is 5.65. The number of carbonyl (C=O) groups is 3. The predicted octanol–water partition coefficient (Wildman–Crippen LogP) is 4.46. The summed E-state index contributed by atoms with van der Waals surface area (Å²) in [5, 5.41) is 11.3. The topological polar surface area (TPSA) is 110 Å². The van der Waals surface area contributed by atoms with Crippen LogP contribution in [0.5, 0.6) is 5.75 Å². The number of anilines is 1. The van der Waals surface area contributed by atoms with Gasteiger partial charge < -0.3 is 9.84 Å². The Labute approximate surface area is 200 Å². The molecule has 0 bridgehead atoms. The minimum absolute atomic E-state index is 0.0596. The molecule has 3 heterocycles. The van der Waals surface area contributed by atoms with Gasteiger partial charge in [0.05, 0.1) is 28.8 Å². The number of carbonyl (C=O) groups excluding carboxylic acids is 3. The molecule has 2 aromatic heterocycles. The van der Waals surface area contributed by atoms with Crippen LogP contribution in [0.1, 0.15) is 52.8 Å². The predicted molar refractivity (Wildman–Crippen MR) is 128 cm³/mol. The number of aromatic nitrogens is 2. The summed E-state index contributed by atoms with van der Waals surface area (Å²) >= 11 is 1.05. The van der Waals surface area contributed by atoms with Gasteiger partial charge in [-0.2, -0.15) is 0 Å². The first-order valence-corrected chi connectivity index (χ1v) is 11.6. The van der Waals surface area contributed by atoms with Crippen LogP contribution >= 0.6 is 11.3 Å². The molecule has 0 saturated carbocycles. The number of aliphatic hydroxyl groups is 1. The lowest BCUT2D eigenvalue weighted by Crippen LogP contribution is -2.29. The summed E-state index contributed by atoms with van der Waals surface area (Å²) in [5.74, 6) is -1.48. The Bertz CT molecular complexity index is 1280. The minimum Gasteiger partial charge on any atom is -0.507 e. The van der Waals surface area contributed by atoms with Crippen molar-refractivity contribution in [1.29, 1.82) is 0 Å². The number of hydrogen-bond acceptors (Lipinski definition) is 8. The highest BCUT2D eigenvalue weighted by molar-refractivity contribution is 7.18. The molecule has 34 heavy (non-hydrogen) atoms.